The Kier molecular flexibility index (Phi) is 3.69. The molecule has 0 bridgehead atoms. The van der Waals surface area contributed by atoms with Gasteiger partial charge in [0.1, 0.15) is 6.54 Å². The maximum Gasteiger partial charge on any atom is 0.356 e. The smallest absolute Gasteiger partial charge is 0.356 e. The van der Waals surface area contributed by atoms with Gasteiger partial charge in [-0.2, -0.15) is 10.1 Å². The lowest BCUT2D eigenvalue weighted by atomic mass is 10.3. The lowest BCUT2D eigenvalue weighted by Crippen LogP contribution is -2.25. The predicted octanol–water partition coefficient (Wildman–Crippen LogP) is 0.325. The molecule has 8 heteroatoms. The summed E-state index contributed by atoms with van der Waals surface area (Å²) < 4.78 is 5.95. The summed E-state index contributed by atoms with van der Waals surface area (Å²) in [6.45, 7) is 1.94. The topological polar surface area (TPSA) is 111 Å². The molecule has 0 unspecified atom stereocenters. The van der Waals surface area contributed by atoms with Gasteiger partial charge in [0.15, 0.2) is 11.5 Å². The molecular weight excluding hydrogens is 252 g/mol. The van der Waals surface area contributed by atoms with Crippen molar-refractivity contribution in [1.29, 1.82) is 0 Å². The number of hydrogen-bond acceptors (Lipinski definition) is 6. The number of rotatable bonds is 5. The summed E-state index contributed by atoms with van der Waals surface area (Å²) >= 11 is 0. The number of hydrogen-bond donors (Lipinski definition) is 1. The van der Waals surface area contributed by atoms with Crippen LogP contribution in [0.3, 0.4) is 0 Å². The van der Waals surface area contributed by atoms with E-state index in [2.05, 4.69) is 15.2 Å². The molecule has 0 amide bonds. The average Bonchev–Trinajstić information content (AvgIpc) is 2.80. The van der Waals surface area contributed by atoms with Crippen LogP contribution >= 0.6 is 0 Å². The van der Waals surface area contributed by atoms with Crippen LogP contribution in [-0.4, -0.2) is 31.0 Å². The van der Waals surface area contributed by atoms with Gasteiger partial charge in [0.05, 0.1) is 0 Å². The van der Waals surface area contributed by atoms with Crippen LogP contribution in [0.25, 0.3) is 0 Å². The molecule has 8 nitrogen and oxygen atoms in total. The Morgan fingerprint density at radius 3 is 2.95 bits per heavy atom. The van der Waals surface area contributed by atoms with Crippen LogP contribution in [0, 0.1) is 0 Å². The number of carbonyl (C=O) groups is 1. The molecule has 100 valence electrons. The summed E-state index contributed by atoms with van der Waals surface area (Å²) in [6, 6.07) is 2.29. The van der Waals surface area contributed by atoms with Gasteiger partial charge < -0.3 is 9.63 Å². The standard InChI is InChI=1S/C11H12N4O4/c1-2-3-8-12-9(19-14-8)6-15-10(16)5-4-7(13-15)11(17)18/h4-5H,2-3,6H2,1H3,(H,17,18). The molecule has 0 atom stereocenters. The Bertz CT molecular complexity index is 646. The molecule has 0 spiro atoms. The minimum Gasteiger partial charge on any atom is -0.476 e. The highest BCUT2D eigenvalue weighted by Crippen LogP contribution is 2.01. The fourth-order valence-electron chi connectivity index (χ4n) is 1.48. The molecule has 2 aromatic rings. The third-order valence-electron chi connectivity index (χ3n) is 2.35. The normalized spacial score (nSPS) is 10.6. The predicted molar refractivity (Wildman–Crippen MR) is 62.9 cm³/mol. The third kappa shape index (κ3) is 3.03. The minimum atomic E-state index is -1.20. The molecule has 0 aliphatic carbocycles. The van der Waals surface area contributed by atoms with Crippen LogP contribution < -0.4 is 5.56 Å². The summed E-state index contributed by atoms with van der Waals surface area (Å²) in [6.07, 6.45) is 1.56. The summed E-state index contributed by atoms with van der Waals surface area (Å²) in [5.41, 5.74) is -0.645. The lowest BCUT2D eigenvalue weighted by molar-refractivity contribution is 0.0687. The maximum atomic E-state index is 11.5. The fourth-order valence-corrected chi connectivity index (χ4v) is 1.48. The zero-order chi connectivity index (χ0) is 13.8. The molecule has 0 saturated carbocycles. The number of carboxylic acids is 1. The first-order valence-corrected chi connectivity index (χ1v) is 5.73. The van der Waals surface area contributed by atoms with E-state index in [1.165, 1.54) is 0 Å². The highest BCUT2D eigenvalue weighted by Gasteiger charge is 2.11. The van der Waals surface area contributed by atoms with E-state index in [0.29, 0.717) is 12.2 Å². The van der Waals surface area contributed by atoms with Crippen LogP contribution in [0.15, 0.2) is 21.5 Å². The summed E-state index contributed by atoms with van der Waals surface area (Å²) in [7, 11) is 0. The van der Waals surface area contributed by atoms with Crippen molar-refractivity contribution >= 4 is 5.97 Å². The molecule has 0 radical (unpaired) electrons. The van der Waals surface area contributed by atoms with Crippen molar-refractivity contribution in [2.24, 2.45) is 0 Å². The minimum absolute atomic E-state index is 0.0450. The second-order valence-corrected chi connectivity index (χ2v) is 3.87. The van der Waals surface area contributed by atoms with Gasteiger partial charge in [0.2, 0.25) is 5.89 Å². The summed E-state index contributed by atoms with van der Waals surface area (Å²) in [5.74, 6) is -0.425. The van der Waals surface area contributed by atoms with E-state index in [0.717, 1.165) is 23.2 Å². The number of aromatic carboxylic acids is 1. The first-order chi connectivity index (χ1) is 9.10. The van der Waals surface area contributed by atoms with Crippen molar-refractivity contribution in [3.63, 3.8) is 0 Å². The van der Waals surface area contributed by atoms with Crippen LogP contribution in [0.2, 0.25) is 0 Å². The van der Waals surface area contributed by atoms with Crippen molar-refractivity contribution in [3.8, 4) is 0 Å². The highest BCUT2D eigenvalue weighted by molar-refractivity contribution is 5.84. The van der Waals surface area contributed by atoms with Crippen LogP contribution in [0.1, 0.15) is 35.5 Å². The average molecular weight is 264 g/mol. The zero-order valence-electron chi connectivity index (χ0n) is 10.2. The van der Waals surface area contributed by atoms with E-state index >= 15 is 0 Å². The van der Waals surface area contributed by atoms with Gasteiger partial charge >= 0.3 is 5.97 Å². The SMILES string of the molecule is CCCc1noc(Cn2nc(C(=O)O)ccc2=O)n1. The van der Waals surface area contributed by atoms with E-state index in [9.17, 15) is 9.59 Å². The van der Waals surface area contributed by atoms with Gasteiger partial charge in [-0.1, -0.05) is 12.1 Å². The maximum absolute atomic E-state index is 11.5. The Morgan fingerprint density at radius 2 is 2.26 bits per heavy atom. The molecule has 2 aromatic heterocycles. The largest absolute Gasteiger partial charge is 0.476 e. The highest BCUT2D eigenvalue weighted by atomic mass is 16.5. The van der Waals surface area contributed by atoms with E-state index in [1.807, 2.05) is 6.92 Å². The van der Waals surface area contributed by atoms with Crippen molar-refractivity contribution in [3.05, 3.63) is 39.9 Å². The van der Waals surface area contributed by atoms with Crippen molar-refractivity contribution in [2.75, 3.05) is 0 Å². The number of nitrogens with zero attached hydrogens (tertiary/aromatic N) is 4. The monoisotopic (exact) mass is 264 g/mol. The molecule has 0 aliphatic rings. The Hall–Kier alpha value is -2.51. The number of aromatic nitrogens is 4. The van der Waals surface area contributed by atoms with Gasteiger partial charge in [0, 0.05) is 12.5 Å². The number of aryl methyl sites for hydroxylation is 1. The van der Waals surface area contributed by atoms with E-state index in [1.54, 1.807) is 0 Å². The van der Waals surface area contributed by atoms with Crippen LogP contribution in [-0.2, 0) is 13.0 Å². The first-order valence-electron chi connectivity index (χ1n) is 5.73. The van der Waals surface area contributed by atoms with Crippen LogP contribution in [0.4, 0.5) is 0 Å². The van der Waals surface area contributed by atoms with E-state index < -0.39 is 11.5 Å². The Balaban J connectivity index is 2.24. The molecule has 2 rings (SSSR count). The zero-order valence-corrected chi connectivity index (χ0v) is 10.2. The van der Waals surface area contributed by atoms with Crippen molar-refractivity contribution in [2.45, 2.75) is 26.3 Å². The molecule has 0 saturated heterocycles. The lowest BCUT2D eigenvalue weighted by Gasteiger charge is -2.01. The van der Waals surface area contributed by atoms with Crippen molar-refractivity contribution in [1.82, 2.24) is 19.9 Å². The third-order valence-corrected chi connectivity index (χ3v) is 2.35. The number of carboxylic acid groups (broad SMARTS) is 1. The van der Waals surface area contributed by atoms with Gasteiger partial charge in [-0.15, -0.1) is 0 Å². The van der Waals surface area contributed by atoms with Gasteiger partial charge in [0.25, 0.3) is 5.56 Å². The quantitative estimate of drug-likeness (QED) is 0.827. The fraction of sp³-hybridized carbons (Fsp3) is 0.364. The molecular formula is C11H12N4O4. The second kappa shape index (κ2) is 5.42. The summed E-state index contributed by atoms with van der Waals surface area (Å²) in [5, 5.41) is 16.3. The van der Waals surface area contributed by atoms with E-state index in [4.69, 9.17) is 9.63 Å². The van der Waals surface area contributed by atoms with Crippen LogP contribution in [0.5, 0.6) is 0 Å². The second-order valence-electron chi connectivity index (χ2n) is 3.87. The molecule has 0 fully saturated rings. The van der Waals surface area contributed by atoms with Gasteiger partial charge in [-0.05, 0) is 12.5 Å². The molecule has 0 aliphatic heterocycles. The van der Waals surface area contributed by atoms with E-state index in [-0.39, 0.29) is 18.1 Å². The Labute approximate surface area is 107 Å². The molecule has 1 N–H and O–H groups in total. The first kappa shape index (κ1) is 12.9. The molecule has 19 heavy (non-hydrogen) atoms. The Morgan fingerprint density at radius 1 is 1.47 bits per heavy atom. The molecule has 2 heterocycles. The van der Waals surface area contributed by atoms with Gasteiger partial charge in [-0.25, -0.2) is 9.48 Å². The summed E-state index contributed by atoms with van der Waals surface area (Å²) in [4.78, 5) is 26.4. The van der Waals surface area contributed by atoms with Crippen molar-refractivity contribution < 1.29 is 14.4 Å². The van der Waals surface area contributed by atoms with Gasteiger partial charge in [-0.3, -0.25) is 4.79 Å². The molecule has 0 aromatic carbocycles.